The number of sulfonamides is 1. The van der Waals surface area contributed by atoms with E-state index in [9.17, 15) is 8.42 Å². The fourth-order valence-corrected chi connectivity index (χ4v) is 5.00. The van der Waals surface area contributed by atoms with Gasteiger partial charge in [0.25, 0.3) is 0 Å². The van der Waals surface area contributed by atoms with E-state index < -0.39 is 10.0 Å². The van der Waals surface area contributed by atoms with Crippen LogP contribution in [0, 0.1) is 0 Å². The number of ether oxygens (including phenoxy) is 1. The molecule has 1 saturated heterocycles. The number of fused-ring (bicyclic) bond motifs is 1. The lowest BCUT2D eigenvalue weighted by Gasteiger charge is -2.17. The van der Waals surface area contributed by atoms with Crippen LogP contribution >= 0.6 is 0 Å². The van der Waals surface area contributed by atoms with Crippen LogP contribution in [0.2, 0.25) is 0 Å². The number of para-hydroxylation sites is 1. The zero-order chi connectivity index (χ0) is 21.1. The number of rotatable bonds is 7. The number of likely N-dealkylation sites (tertiary alicyclic amines) is 1. The maximum absolute atomic E-state index is 12.8. The van der Waals surface area contributed by atoms with Gasteiger partial charge in [0.15, 0.2) is 0 Å². The van der Waals surface area contributed by atoms with Crippen LogP contribution in [-0.4, -0.2) is 43.5 Å². The van der Waals surface area contributed by atoms with E-state index in [4.69, 9.17) is 4.74 Å². The van der Waals surface area contributed by atoms with Gasteiger partial charge in [-0.3, -0.25) is 9.88 Å². The fourth-order valence-electron chi connectivity index (χ4n) is 3.76. The highest BCUT2D eigenvalue weighted by molar-refractivity contribution is 7.89. The number of hydrogen-bond donors (Lipinski definition) is 1. The van der Waals surface area contributed by atoms with Crippen LogP contribution in [0.5, 0.6) is 5.75 Å². The summed E-state index contributed by atoms with van der Waals surface area (Å²) in [6.45, 7) is 6.34. The summed E-state index contributed by atoms with van der Waals surface area (Å²) in [4.78, 5) is 6.75. The van der Waals surface area contributed by atoms with Crippen molar-refractivity contribution in [1.29, 1.82) is 0 Å². The summed E-state index contributed by atoms with van der Waals surface area (Å²) in [7, 11) is -3.60. The molecule has 7 heteroatoms. The molecule has 1 aromatic heterocycles. The van der Waals surface area contributed by atoms with E-state index in [0.717, 1.165) is 36.2 Å². The summed E-state index contributed by atoms with van der Waals surface area (Å²) in [5, 5.41) is 0.818. The van der Waals surface area contributed by atoms with E-state index in [1.165, 1.54) is 11.8 Å². The SMILES string of the molecule is CC(C)Oc1ccc(CN2CC[C@@H](NS(=O)(=O)c3cnc4ccccc4c3)C2)cc1. The van der Waals surface area contributed by atoms with Gasteiger partial charge in [0.05, 0.1) is 11.6 Å². The standard InChI is InChI=1S/C23H27N3O3S/c1-17(2)29-21-9-7-18(8-10-21)15-26-12-11-20(16-26)25-30(27,28)22-13-19-5-3-4-6-23(19)24-14-22/h3-10,13-14,17,20,25H,11-12,15-16H2,1-2H3/t20-/m1/s1. The van der Waals surface area contributed by atoms with Gasteiger partial charge in [-0.05, 0) is 50.1 Å². The van der Waals surface area contributed by atoms with Crippen LogP contribution in [-0.2, 0) is 16.6 Å². The second-order valence-corrected chi connectivity index (χ2v) is 9.73. The van der Waals surface area contributed by atoms with E-state index in [1.807, 2.05) is 50.2 Å². The van der Waals surface area contributed by atoms with Crippen molar-refractivity contribution in [2.75, 3.05) is 13.1 Å². The summed E-state index contributed by atoms with van der Waals surface area (Å²) in [5.74, 6) is 0.866. The summed E-state index contributed by atoms with van der Waals surface area (Å²) in [6, 6.07) is 17.2. The minimum atomic E-state index is -3.60. The predicted molar refractivity (Wildman–Crippen MR) is 118 cm³/mol. The minimum absolute atomic E-state index is 0.106. The lowest BCUT2D eigenvalue weighted by Crippen LogP contribution is -2.37. The molecule has 0 amide bonds. The van der Waals surface area contributed by atoms with Gasteiger partial charge < -0.3 is 4.74 Å². The molecule has 1 atom stereocenters. The Morgan fingerprint density at radius 1 is 1.17 bits per heavy atom. The molecule has 1 N–H and O–H groups in total. The second-order valence-electron chi connectivity index (χ2n) is 8.02. The summed E-state index contributed by atoms with van der Waals surface area (Å²) in [6.07, 6.45) is 2.37. The fraction of sp³-hybridized carbons (Fsp3) is 0.348. The third-order valence-electron chi connectivity index (χ3n) is 5.17. The zero-order valence-corrected chi connectivity index (χ0v) is 18.1. The number of benzene rings is 2. The predicted octanol–water partition coefficient (Wildman–Crippen LogP) is 3.57. The van der Waals surface area contributed by atoms with Gasteiger partial charge >= 0.3 is 0 Å². The minimum Gasteiger partial charge on any atom is -0.491 e. The number of aromatic nitrogens is 1. The van der Waals surface area contributed by atoms with Crippen molar-refractivity contribution in [3.05, 3.63) is 66.4 Å². The molecule has 2 aromatic carbocycles. The molecule has 1 fully saturated rings. The van der Waals surface area contributed by atoms with Crippen LogP contribution in [0.4, 0.5) is 0 Å². The van der Waals surface area contributed by atoms with Gasteiger partial charge in [-0.1, -0.05) is 30.3 Å². The molecule has 0 radical (unpaired) electrons. The molecule has 30 heavy (non-hydrogen) atoms. The van der Waals surface area contributed by atoms with Crippen molar-refractivity contribution in [2.24, 2.45) is 0 Å². The van der Waals surface area contributed by atoms with Crippen molar-refractivity contribution < 1.29 is 13.2 Å². The molecule has 0 aliphatic carbocycles. The van der Waals surface area contributed by atoms with Crippen molar-refractivity contribution in [3.8, 4) is 5.75 Å². The number of hydrogen-bond acceptors (Lipinski definition) is 5. The summed E-state index contributed by atoms with van der Waals surface area (Å²) in [5.41, 5.74) is 1.97. The average Bonchev–Trinajstić information content (AvgIpc) is 3.14. The van der Waals surface area contributed by atoms with E-state index in [-0.39, 0.29) is 17.0 Å². The van der Waals surface area contributed by atoms with Gasteiger partial charge in [-0.25, -0.2) is 13.1 Å². The number of nitrogens with one attached hydrogen (secondary N) is 1. The lowest BCUT2D eigenvalue weighted by molar-refractivity contribution is 0.242. The maximum Gasteiger partial charge on any atom is 0.242 e. The zero-order valence-electron chi connectivity index (χ0n) is 17.3. The van der Waals surface area contributed by atoms with Crippen molar-refractivity contribution in [1.82, 2.24) is 14.6 Å². The Hall–Kier alpha value is -2.48. The summed E-state index contributed by atoms with van der Waals surface area (Å²) < 4.78 is 34.2. The Morgan fingerprint density at radius 3 is 2.70 bits per heavy atom. The molecule has 0 unspecified atom stereocenters. The molecular weight excluding hydrogens is 398 g/mol. The van der Waals surface area contributed by atoms with Crippen LogP contribution in [0.15, 0.2) is 65.7 Å². The smallest absolute Gasteiger partial charge is 0.242 e. The van der Waals surface area contributed by atoms with Gasteiger partial charge in [-0.2, -0.15) is 0 Å². The Balaban J connectivity index is 1.36. The highest BCUT2D eigenvalue weighted by Crippen LogP contribution is 2.20. The first kappa shape index (κ1) is 20.8. The third-order valence-corrected chi connectivity index (χ3v) is 6.66. The highest BCUT2D eigenvalue weighted by Gasteiger charge is 2.27. The number of nitrogens with zero attached hydrogens (tertiary/aromatic N) is 2. The van der Waals surface area contributed by atoms with E-state index >= 15 is 0 Å². The monoisotopic (exact) mass is 425 g/mol. The lowest BCUT2D eigenvalue weighted by atomic mass is 10.2. The van der Waals surface area contributed by atoms with Crippen molar-refractivity contribution in [2.45, 2.75) is 43.9 Å². The second kappa shape index (κ2) is 8.71. The summed E-state index contributed by atoms with van der Waals surface area (Å²) >= 11 is 0. The van der Waals surface area contributed by atoms with E-state index in [1.54, 1.807) is 6.07 Å². The molecule has 158 valence electrons. The Bertz CT molecular complexity index is 1110. The molecule has 2 heterocycles. The maximum atomic E-state index is 12.8. The molecular formula is C23H27N3O3S. The third kappa shape index (κ3) is 4.98. The molecule has 1 aliphatic heterocycles. The first-order chi connectivity index (χ1) is 14.4. The largest absolute Gasteiger partial charge is 0.491 e. The molecule has 0 saturated carbocycles. The van der Waals surface area contributed by atoms with E-state index in [2.05, 4.69) is 26.7 Å². The first-order valence-corrected chi connectivity index (χ1v) is 11.7. The van der Waals surface area contributed by atoms with Crippen LogP contribution < -0.4 is 9.46 Å². The van der Waals surface area contributed by atoms with Gasteiger partial charge in [-0.15, -0.1) is 0 Å². The first-order valence-electron chi connectivity index (χ1n) is 10.2. The average molecular weight is 426 g/mol. The van der Waals surface area contributed by atoms with Gasteiger partial charge in [0, 0.05) is 37.3 Å². The molecule has 0 spiro atoms. The van der Waals surface area contributed by atoms with E-state index in [0.29, 0.717) is 6.54 Å². The van der Waals surface area contributed by atoms with Crippen molar-refractivity contribution >= 4 is 20.9 Å². The van der Waals surface area contributed by atoms with Crippen LogP contribution in [0.1, 0.15) is 25.8 Å². The Kier molecular flexibility index (Phi) is 6.04. The highest BCUT2D eigenvalue weighted by atomic mass is 32.2. The molecule has 1 aliphatic rings. The molecule has 6 nitrogen and oxygen atoms in total. The molecule has 0 bridgehead atoms. The molecule has 4 rings (SSSR count). The quantitative estimate of drug-likeness (QED) is 0.627. The Labute approximate surface area is 177 Å². The van der Waals surface area contributed by atoms with Crippen LogP contribution in [0.25, 0.3) is 10.9 Å². The normalized spacial score (nSPS) is 17.6. The van der Waals surface area contributed by atoms with Gasteiger partial charge in [0.2, 0.25) is 10.0 Å². The van der Waals surface area contributed by atoms with Gasteiger partial charge in [0.1, 0.15) is 10.6 Å². The number of pyridine rings is 1. The topological polar surface area (TPSA) is 71.5 Å². The molecule has 3 aromatic rings. The van der Waals surface area contributed by atoms with Crippen molar-refractivity contribution in [3.63, 3.8) is 0 Å². The van der Waals surface area contributed by atoms with Crippen LogP contribution in [0.3, 0.4) is 0 Å². The Morgan fingerprint density at radius 2 is 1.93 bits per heavy atom.